The predicted molar refractivity (Wildman–Crippen MR) is 54.8 cm³/mol. The van der Waals surface area contributed by atoms with Crippen molar-refractivity contribution in [3.05, 3.63) is 0 Å². The van der Waals surface area contributed by atoms with Crippen molar-refractivity contribution in [2.24, 2.45) is 5.73 Å². The molecule has 1 rings (SSSR count). The Morgan fingerprint density at radius 2 is 2.29 bits per heavy atom. The predicted octanol–water partition coefficient (Wildman–Crippen LogP) is 0.820. The summed E-state index contributed by atoms with van der Waals surface area (Å²) in [6, 6.07) is 0. The number of primary amides is 1. The first-order valence-corrected chi connectivity index (χ1v) is 5.24. The maximum Gasteiger partial charge on any atom is 0.246 e. The number of aliphatic hydroxyl groups excluding tert-OH is 1. The molecule has 0 spiro atoms. The van der Waals surface area contributed by atoms with Crippen LogP contribution in [0.4, 0.5) is 0 Å². The molecule has 0 aromatic carbocycles. The van der Waals surface area contributed by atoms with Crippen LogP contribution in [0.1, 0.15) is 39.0 Å². The van der Waals surface area contributed by atoms with Crippen LogP contribution in [0.25, 0.3) is 0 Å². The second-order valence-corrected chi connectivity index (χ2v) is 3.33. The highest BCUT2D eigenvalue weighted by atomic mass is 16.5. The van der Waals surface area contributed by atoms with Crippen LogP contribution < -0.4 is 5.73 Å². The molecular formula is C10H21NO3. The molecule has 1 aliphatic heterocycles. The number of hydrogen-bond donors (Lipinski definition) is 2. The molecule has 1 amide bonds. The van der Waals surface area contributed by atoms with E-state index in [4.69, 9.17) is 15.6 Å². The SMILES string of the molecule is CCCCO.NC(=O)C1CCCCO1. The lowest BCUT2D eigenvalue weighted by Gasteiger charge is -2.18. The van der Waals surface area contributed by atoms with Crippen LogP contribution in [0.5, 0.6) is 0 Å². The number of aliphatic hydroxyl groups is 1. The van der Waals surface area contributed by atoms with E-state index >= 15 is 0 Å². The van der Waals surface area contributed by atoms with Crippen LogP contribution in [0.3, 0.4) is 0 Å². The van der Waals surface area contributed by atoms with Crippen LogP contribution in [0, 0.1) is 0 Å². The van der Waals surface area contributed by atoms with E-state index in [-0.39, 0.29) is 12.0 Å². The molecule has 1 saturated heterocycles. The van der Waals surface area contributed by atoms with Gasteiger partial charge in [-0.2, -0.15) is 0 Å². The minimum Gasteiger partial charge on any atom is -0.396 e. The summed E-state index contributed by atoms with van der Waals surface area (Å²) in [4.78, 5) is 10.5. The Morgan fingerprint density at radius 3 is 2.50 bits per heavy atom. The number of carbonyl (C=O) groups is 1. The first-order valence-electron chi connectivity index (χ1n) is 5.24. The Bertz CT molecular complexity index is 142. The van der Waals surface area contributed by atoms with Crippen molar-refractivity contribution in [3.63, 3.8) is 0 Å². The molecule has 14 heavy (non-hydrogen) atoms. The number of unbranched alkanes of at least 4 members (excludes halogenated alkanes) is 1. The topological polar surface area (TPSA) is 72.5 Å². The van der Waals surface area contributed by atoms with E-state index in [9.17, 15) is 4.79 Å². The van der Waals surface area contributed by atoms with E-state index in [0.717, 1.165) is 32.1 Å². The fraction of sp³-hybridized carbons (Fsp3) is 0.900. The van der Waals surface area contributed by atoms with Gasteiger partial charge in [0.05, 0.1) is 0 Å². The molecule has 4 heteroatoms. The van der Waals surface area contributed by atoms with Crippen LogP contribution in [0.2, 0.25) is 0 Å². The van der Waals surface area contributed by atoms with Gasteiger partial charge in [0.2, 0.25) is 5.91 Å². The molecule has 84 valence electrons. The number of nitrogens with two attached hydrogens (primary N) is 1. The number of ether oxygens (including phenoxy) is 1. The van der Waals surface area contributed by atoms with Crippen molar-refractivity contribution in [3.8, 4) is 0 Å². The Morgan fingerprint density at radius 1 is 1.57 bits per heavy atom. The minimum absolute atomic E-state index is 0.307. The lowest BCUT2D eigenvalue weighted by molar-refractivity contribution is -0.132. The summed E-state index contributed by atoms with van der Waals surface area (Å²) in [6.07, 6.45) is 4.65. The normalized spacial score (nSPS) is 20.9. The lowest BCUT2D eigenvalue weighted by Crippen LogP contribution is -2.33. The Balaban J connectivity index is 0.000000292. The molecule has 1 fully saturated rings. The summed E-state index contributed by atoms with van der Waals surface area (Å²) in [5.41, 5.74) is 5.00. The highest BCUT2D eigenvalue weighted by Crippen LogP contribution is 2.11. The van der Waals surface area contributed by atoms with Crippen LogP contribution in [0.15, 0.2) is 0 Å². The van der Waals surface area contributed by atoms with Gasteiger partial charge in [0.1, 0.15) is 6.10 Å². The highest BCUT2D eigenvalue weighted by Gasteiger charge is 2.18. The maximum absolute atomic E-state index is 10.5. The Hall–Kier alpha value is -0.610. The fourth-order valence-electron chi connectivity index (χ4n) is 1.12. The first-order chi connectivity index (χ1) is 6.72. The average molecular weight is 203 g/mol. The molecule has 0 aromatic rings. The largest absolute Gasteiger partial charge is 0.396 e. The van der Waals surface area contributed by atoms with Gasteiger partial charge in [-0.05, 0) is 25.7 Å². The monoisotopic (exact) mass is 203 g/mol. The Kier molecular flexibility index (Phi) is 8.57. The molecule has 0 radical (unpaired) electrons. The first kappa shape index (κ1) is 13.4. The number of carbonyl (C=O) groups excluding carboxylic acids is 1. The van der Waals surface area contributed by atoms with Gasteiger partial charge in [-0.15, -0.1) is 0 Å². The second kappa shape index (κ2) is 8.97. The molecule has 1 unspecified atom stereocenters. The van der Waals surface area contributed by atoms with Crippen molar-refractivity contribution in [2.75, 3.05) is 13.2 Å². The van der Waals surface area contributed by atoms with Crippen LogP contribution in [-0.2, 0) is 9.53 Å². The highest BCUT2D eigenvalue weighted by molar-refractivity contribution is 5.78. The zero-order valence-corrected chi connectivity index (χ0v) is 8.87. The van der Waals surface area contributed by atoms with Crippen molar-refractivity contribution in [2.45, 2.75) is 45.1 Å². The van der Waals surface area contributed by atoms with Crippen molar-refractivity contribution in [1.82, 2.24) is 0 Å². The Labute approximate surface area is 85.4 Å². The van der Waals surface area contributed by atoms with Gasteiger partial charge in [0, 0.05) is 13.2 Å². The van der Waals surface area contributed by atoms with E-state index in [2.05, 4.69) is 6.92 Å². The van der Waals surface area contributed by atoms with Crippen molar-refractivity contribution >= 4 is 5.91 Å². The minimum atomic E-state index is -0.324. The van der Waals surface area contributed by atoms with E-state index in [1.807, 2.05) is 0 Å². The zero-order chi connectivity index (χ0) is 10.8. The number of hydrogen-bond acceptors (Lipinski definition) is 3. The zero-order valence-electron chi connectivity index (χ0n) is 8.87. The van der Waals surface area contributed by atoms with E-state index < -0.39 is 0 Å². The molecule has 0 aliphatic carbocycles. The van der Waals surface area contributed by atoms with Gasteiger partial charge in [0.15, 0.2) is 0 Å². The molecule has 4 nitrogen and oxygen atoms in total. The quantitative estimate of drug-likeness (QED) is 0.713. The third kappa shape index (κ3) is 6.86. The van der Waals surface area contributed by atoms with Gasteiger partial charge in [-0.1, -0.05) is 13.3 Å². The van der Waals surface area contributed by atoms with Gasteiger partial charge in [-0.3, -0.25) is 4.79 Å². The summed E-state index contributed by atoms with van der Waals surface area (Å²) in [5, 5.41) is 8.07. The van der Waals surface area contributed by atoms with Gasteiger partial charge in [0.25, 0.3) is 0 Å². The third-order valence-electron chi connectivity index (χ3n) is 2.01. The third-order valence-corrected chi connectivity index (χ3v) is 2.01. The van der Waals surface area contributed by atoms with Gasteiger partial charge < -0.3 is 15.6 Å². The average Bonchev–Trinajstić information content (AvgIpc) is 2.21. The number of amides is 1. The lowest BCUT2D eigenvalue weighted by atomic mass is 10.1. The summed E-state index contributed by atoms with van der Waals surface area (Å²) in [6.45, 7) is 3.08. The fourth-order valence-corrected chi connectivity index (χ4v) is 1.12. The van der Waals surface area contributed by atoms with Crippen molar-refractivity contribution < 1.29 is 14.6 Å². The maximum atomic E-state index is 10.5. The molecule has 1 atom stereocenters. The van der Waals surface area contributed by atoms with E-state index in [1.54, 1.807) is 0 Å². The van der Waals surface area contributed by atoms with Gasteiger partial charge in [-0.25, -0.2) is 0 Å². The molecule has 1 heterocycles. The smallest absolute Gasteiger partial charge is 0.246 e. The molecule has 0 saturated carbocycles. The van der Waals surface area contributed by atoms with Gasteiger partial charge >= 0.3 is 0 Å². The molecule has 0 aromatic heterocycles. The van der Waals surface area contributed by atoms with Crippen LogP contribution in [-0.4, -0.2) is 30.3 Å². The molecule has 0 bridgehead atoms. The molecule has 3 N–H and O–H groups in total. The van der Waals surface area contributed by atoms with Crippen molar-refractivity contribution in [1.29, 1.82) is 0 Å². The standard InChI is InChI=1S/C6H11NO2.C4H10O/c7-6(8)5-3-1-2-4-9-5;1-2-3-4-5/h5H,1-4H2,(H2,7,8);5H,2-4H2,1H3. The summed E-state index contributed by atoms with van der Waals surface area (Å²) in [5.74, 6) is -0.324. The second-order valence-electron chi connectivity index (χ2n) is 3.33. The molecule has 1 aliphatic rings. The number of rotatable bonds is 3. The van der Waals surface area contributed by atoms with E-state index in [0.29, 0.717) is 13.2 Å². The van der Waals surface area contributed by atoms with E-state index in [1.165, 1.54) is 0 Å². The molecular weight excluding hydrogens is 182 g/mol. The summed E-state index contributed by atoms with van der Waals surface area (Å²) in [7, 11) is 0. The van der Waals surface area contributed by atoms with Crippen LogP contribution >= 0.6 is 0 Å². The summed E-state index contributed by atoms with van der Waals surface area (Å²) >= 11 is 0. The summed E-state index contributed by atoms with van der Waals surface area (Å²) < 4.78 is 5.06.